The number of rotatable bonds is 20. The molecule has 0 saturated heterocycles. The molecule has 0 heterocycles. The second-order valence-electron chi connectivity index (χ2n) is 7.78. The van der Waals surface area contributed by atoms with Crippen molar-refractivity contribution in [3.8, 4) is 0 Å². The van der Waals surface area contributed by atoms with E-state index in [1.165, 1.54) is 57.8 Å². The van der Waals surface area contributed by atoms with E-state index in [0.717, 1.165) is 32.1 Å². The first-order chi connectivity index (χ1) is 13.6. The van der Waals surface area contributed by atoms with Gasteiger partial charge in [-0.05, 0) is 39.0 Å². The molecule has 1 atom stereocenters. The summed E-state index contributed by atoms with van der Waals surface area (Å²) in [5.41, 5.74) is 0. The molecule has 0 spiro atoms. The van der Waals surface area contributed by atoms with E-state index < -0.39 is 0 Å². The van der Waals surface area contributed by atoms with Crippen molar-refractivity contribution in [1.82, 2.24) is 0 Å². The van der Waals surface area contributed by atoms with Crippen LogP contribution >= 0.6 is 0 Å². The number of ether oxygens (including phenoxy) is 2. The van der Waals surface area contributed by atoms with Crippen molar-refractivity contribution in [3.05, 3.63) is 12.7 Å². The molecular formula is C24H44O4. The summed E-state index contributed by atoms with van der Waals surface area (Å²) in [6, 6.07) is 0. The maximum absolute atomic E-state index is 11.8. The monoisotopic (exact) mass is 396 g/mol. The second kappa shape index (κ2) is 20.4. The van der Waals surface area contributed by atoms with Gasteiger partial charge in [-0.25, -0.2) is 0 Å². The summed E-state index contributed by atoms with van der Waals surface area (Å²) in [7, 11) is 0. The van der Waals surface area contributed by atoms with Crippen molar-refractivity contribution in [2.75, 3.05) is 6.61 Å². The van der Waals surface area contributed by atoms with E-state index in [1.54, 1.807) is 0 Å². The van der Waals surface area contributed by atoms with E-state index in [-0.39, 0.29) is 30.9 Å². The molecule has 0 aromatic rings. The maximum atomic E-state index is 11.8. The largest absolute Gasteiger partial charge is 0.466 e. The minimum absolute atomic E-state index is 0.0684. The molecule has 0 radical (unpaired) electrons. The van der Waals surface area contributed by atoms with Gasteiger partial charge in [-0.3, -0.25) is 9.59 Å². The number of allylic oxidation sites excluding steroid dienone is 1. The molecule has 1 unspecified atom stereocenters. The topological polar surface area (TPSA) is 52.6 Å². The summed E-state index contributed by atoms with van der Waals surface area (Å²) < 4.78 is 10.6. The Morgan fingerprint density at radius 3 is 2.07 bits per heavy atom. The van der Waals surface area contributed by atoms with Gasteiger partial charge < -0.3 is 9.47 Å². The van der Waals surface area contributed by atoms with Crippen LogP contribution in [-0.2, 0) is 19.1 Å². The fourth-order valence-electron chi connectivity index (χ4n) is 3.11. The number of hydrogen-bond acceptors (Lipinski definition) is 4. The lowest BCUT2D eigenvalue weighted by Crippen LogP contribution is -2.16. The van der Waals surface area contributed by atoms with Crippen molar-refractivity contribution in [3.63, 3.8) is 0 Å². The molecule has 4 heteroatoms. The fourth-order valence-corrected chi connectivity index (χ4v) is 3.11. The summed E-state index contributed by atoms with van der Waals surface area (Å²) in [5.74, 6) is -0.596. The highest BCUT2D eigenvalue weighted by Crippen LogP contribution is 2.11. The first kappa shape index (κ1) is 26.7. The predicted molar refractivity (Wildman–Crippen MR) is 116 cm³/mol. The molecule has 164 valence electrons. The summed E-state index contributed by atoms with van der Waals surface area (Å²) >= 11 is 0. The van der Waals surface area contributed by atoms with Crippen LogP contribution in [0.5, 0.6) is 0 Å². The maximum Gasteiger partial charge on any atom is 0.306 e. The number of unbranched alkanes of at least 4 members (excludes halogenated alkanes) is 11. The minimum Gasteiger partial charge on any atom is -0.466 e. The van der Waals surface area contributed by atoms with Crippen LogP contribution in [0.3, 0.4) is 0 Å². The number of carbonyl (C=O) groups is 2. The normalized spacial score (nSPS) is 11.8. The molecule has 28 heavy (non-hydrogen) atoms. The molecule has 0 fully saturated rings. The van der Waals surface area contributed by atoms with Crippen molar-refractivity contribution >= 4 is 11.9 Å². The molecule has 0 aliphatic heterocycles. The predicted octanol–water partition coefficient (Wildman–Crippen LogP) is 6.91. The van der Waals surface area contributed by atoms with E-state index >= 15 is 0 Å². The van der Waals surface area contributed by atoms with Crippen LogP contribution in [0.4, 0.5) is 0 Å². The van der Waals surface area contributed by atoms with Gasteiger partial charge in [-0.2, -0.15) is 0 Å². The van der Waals surface area contributed by atoms with Crippen LogP contribution < -0.4 is 0 Å². The number of hydrogen-bond donors (Lipinski definition) is 0. The lowest BCUT2D eigenvalue weighted by molar-refractivity contribution is -0.153. The molecule has 0 aliphatic rings. The van der Waals surface area contributed by atoms with E-state index in [4.69, 9.17) is 9.47 Å². The fraction of sp³-hybridized carbons (Fsp3) is 0.833. The first-order valence-electron chi connectivity index (χ1n) is 11.6. The van der Waals surface area contributed by atoms with Crippen LogP contribution in [0, 0.1) is 0 Å². The van der Waals surface area contributed by atoms with Crippen LogP contribution in [0.15, 0.2) is 12.7 Å². The molecule has 0 N–H and O–H groups in total. The third-order valence-electron chi connectivity index (χ3n) is 4.90. The highest BCUT2D eigenvalue weighted by molar-refractivity contribution is 5.77. The zero-order valence-electron chi connectivity index (χ0n) is 18.5. The standard InChI is InChI=1S/C24H44O4/c1-4-6-8-10-12-13-15-17-21-27-23(25)19-20-24(26)28-22(3)18-16-14-11-9-7-5-2/h4,22H,1,5-21H2,2-3H3. The molecule has 0 amide bonds. The third-order valence-corrected chi connectivity index (χ3v) is 4.90. The molecule has 0 saturated carbocycles. The second-order valence-corrected chi connectivity index (χ2v) is 7.78. The van der Waals surface area contributed by atoms with Gasteiger partial charge in [0.05, 0.1) is 25.6 Å². The minimum atomic E-state index is -0.300. The van der Waals surface area contributed by atoms with Crippen molar-refractivity contribution < 1.29 is 19.1 Å². The van der Waals surface area contributed by atoms with Crippen molar-refractivity contribution in [2.45, 2.75) is 123 Å². The zero-order valence-corrected chi connectivity index (χ0v) is 18.5. The molecule has 0 bridgehead atoms. The van der Waals surface area contributed by atoms with E-state index in [1.807, 2.05) is 13.0 Å². The molecule has 0 aliphatic carbocycles. The lowest BCUT2D eigenvalue weighted by Gasteiger charge is -2.13. The molecule has 0 aromatic heterocycles. The lowest BCUT2D eigenvalue weighted by atomic mass is 10.1. The Labute approximate surface area is 173 Å². The van der Waals surface area contributed by atoms with E-state index in [9.17, 15) is 9.59 Å². The molecule has 4 nitrogen and oxygen atoms in total. The summed E-state index contributed by atoms with van der Waals surface area (Å²) in [5, 5.41) is 0. The van der Waals surface area contributed by atoms with Crippen LogP contribution in [0.2, 0.25) is 0 Å². The Balaban J connectivity index is 3.49. The quantitative estimate of drug-likeness (QED) is 0.127. The summed E-state index contributed by atoms with van der Waals surface area (Å²) in [4.78, 5) is 23.5. The summed E-state index contributed by atoms with van der Waals surface area (Å²) in [6.45, 7) is 8.32. The van der Waals surface area contributed by atoms with Gasteiger partial charge in [0.1, 0.15) is 0 Å². The number of esters is 2. The van der Waals surface area contributed by atoms with E-state index in [2.05, 4.69) is 13.5 Å². The van der Waals surface area contributed by atoms with Gasteiger partial charge in [0.2, 0.25) is 0 Å². The van der Waals surface area contributed by atoms with Gasteiger partial charge >= 0.3 is 11.9 Å². The Bertz CT molecular complexity index is 392. The van der Waals surface area contributed by atoms with Crippen LogP contribution in [0.25, 0.3) is 0 Å². The smallest absolute Gasteiger partial charge is 0.306 e. The molecule has 0 aromatic carbocycles. The van der Waals surface area contributed by atoms with Crippen molar-refractivity contribution in [2.24, 2.45) is 0 Å². The third kappa shape index (κ3) is 19.4. The Kier molecular flexibility index (Phi) is 19.5. The van der Waals surface area contributed by atoms with E-state index in [0.29, 0.717) is 6.61 Å². The number of carbonyl (C=O) groups excluding carboxylic acids is 2. The Morgan fingerprint density at radius 1 is 0.821 bits per heavy atom. The van der Waals surface area contributed by atoms with Crippen LogP contribution in [0.1, 0.15) is 117 Å². The molecule has 0 rings (SSSR count). The highest BCUT2D eigenvalue weighted by atomic mass is 16.5. The Morgan fingerprint density at radius 2 is 1.39 bits per heavy atom. The SMILES string of the molecule is C=CCCCCCCCCOC(=O)CCC(=O)OC(C)CCCCCCCC. The average Bonchev–Trinajstić information content (AvgIpc) is 2.67. The summed E-state index contributed by atoms with van der Waals surface area (Å²) in [6.07, 6.45) is 18.4. The van der Waals surface area contributed by atoms with Gasteiger partial charge in [-0.15, -0.1) is 6.58 Å². The van der Waals surface area contributed by atoms with Gasteiger partial charge in [0.25, 0.3) is 0 Å². The van der Waals surface area contributed by atoms with Crippen molar-refractivity contribution in [1.29, 1.82) is 0 Å². The average molecular weight is 397 g/mol. The highest BCUT2D eigenvalue weighted by Gasteiger charge is 2.12. The van der Waals surface area contributed by atoms with Gasteiger partial charge in [-0.1, -0.05) is 70.8 Å². The van der Waals surface area contributed by atoms with Crippen LogP contribution in [-0.4, -0.2) is 24.6 Å². The molecular weight excluding hydrogens is 352 g/mol. The van der Waals surface area contributed by atoms with Gasteiger partial charge in [0.15, 0.2) is 0 Å². The zero-order chi connectivity index (χ0) is 20.9. The Hall–Kier alpha value is -1.32. The first-order valence-corrected chi connectivity index (χ1v) is 11.6. The van der Waals surface area contributed by atoms with Gasteiger partial charge in [0, 0.05) is 0 Å².